The second-order valence-electron chi connectivity index (χ2n) is 5.62. The molecule has 2 aromatic rings. The van der Waals surface area contributed by atoms with Gasteiger partial charge in [0.2, 0.25) is 0 Å². The molecule has 0 atom stereocenters. The number of hydrogen-bond donors (Lipinski definition) is 3. The van der Waals surface area contributed by atoms with Gasteiger partial charge >= 0.3 is 12.0 Å². The Labute approximate surface area is 148 Å². The van der Waals surface area contributed by atoms with E-state index >= 15 is 0 Å². The monoisotopic (exact) mass is 359 g/mol. The number of nitro groups is 1. The van der Waals surface area contributed by atoms with E-state index in [1.165, 1.54) is 42.5 Å². The fourth-order valence-corrected chi connectivity index (χ4v) is 2.06. The summed E-state index contributed by atoms with van der Waals surface area (Å²) in [5, 5.41) is 25.2. The molecule has 2 amide bonds. The van der Waals surface area contributed by atoms with Crippen LogP contribution in [0.3, 0.4) is 0 Å². The number of urea groups is 1. The maximum Gasteiger partial charge on any atom is 0.339 e. The third-order valence-corrected chi connectivity index (χ3v) is 3.16. The molecule has 136 valence electrons. The Morgan fingerprint density at radius 2 is 1.81 bits per heavy atom. The van der Waals surface area contributed by atoms with Gasteiger partial charge in [-0.3, -0.25) is 10.1 Å². The first-order valence-corrected chi connectivity index (χ1v) is 7.63. The van der Waals surface area contributed by atoms with E-state index in [4.69, 9.17) is 4.74 Å². The average molecular weight is 359 g/mol. The topological polar surface area (TPSA) is 131 Å². The van der Waals surface area contributed by atoms with E-state index in [2.05, 4.69) is 10.6 Å². The fourth-order valence-electron chi connectivity index (χ4n) is 2.06. The first kappa shape index (κ1) is 18.7. The summed E-state index contributed by atoms with van der Waals surface area (Å²) in [6.45, 7) is 3.59. The Morgan fingerprint density at radius 3 is 2.35 bits per heavy atom. The van der Waals surface area contributed by atoms with Gasteiger partial charge in [-0.2, -0.15) is 0 Å². The normalized spacial score (nSPS) is 10.3. The summed E-state index contributed by atoms with van der Waals surface area (Å²) in [7, 11) is 0. The molecule has 0 aliphatic heterocycles. The fraction of sp³-hybridized carbons (Fsp3) is 0.176. The van der Waals surface area contributed by atoms with Crippen molar-refractivity contribution in [2.75, 3.05) is 5.32 Å². The van der Waals surface area contributed by atoms with Crippen molar-refractivity contribution in [3.05, 3.63) is 58.1 Å². The number of nitrogens with one attached hydrogen (secondary N) is 2. The van der Waals surface area contributed by atoms with Gasteiger partial charge in [-0.25, -0.2) is 9.59 Å². The molecule has 0 aliphatic carbocycles. The van der Waals surface area contributed by atoms with Crippen molar-refractivity contribution in [2.24, 2.45) is 0 Å². The van der Waals surface area contributed by atoms with E-state index in [1.54, 1.807) is 13.8 Å². The minimum Gasteiger partial charge on any atom is -0.478 e. The first-order chi connectivity index (χ1) is 12.3. The van der Waals surface area contributed by atoms with Crippen molar-refractivity contribution in [2.45, 2.75) is 19.9 Å². The summed E-state index contributed by atoms with van der Waals surface area (Å²) in [5.74, 6) is -0.952. The molecule has 9 heteroatoms. The summed E-state index contributed by atoms with van der Waals surface area (Å²) in [5.41, 5.74) is 0.0221. The number of carboxylic acids is 1. The van der Waals surface area contributed by atoms with Crippen LogP contribution in [0.25, 0.3) is 0 Å². The number of nitrogens with zero attached hydrogens (tertiary/aromatic N) is 1. The zero-order valence-electron chi connectivity index (χ0n) is 14.1. The number of benzene rings is 2. The van der Waals surface area contributed by atoms with Gasteiger partial charge < -0.3 is 20.5 Å². The number of carbonyl (C=O) groups is 2. The van der Waals surface area contributed by atoms with Crippen LogP contribution in [0, 0.1) is 10.1 Å². The van der Waals surface area contributed by atoms with E-state index < -0.39 is 16.9 Å². The molecule has 3 N–H and O–H groups in total. The molecule has 2 aromatic carbocycles. The number of aromatic carboxylic acids is 1. The molecule has 0 saturated heterocycles. The minimum absolute atomic E-state index is 0.0428. The quantitative estimate of drug-likeness (QED) is 0.533. The maximum atomic E-state index is 11.7. The molecule has 0 unspecified atom stereocenters. The number of carbonyl (C=O) groups excluding carboxylic acids is 1. The van der Waals surface area contributed by atoms with Gasteiger partial charge in [-0.1, -0.05) is 0 Å². The Bertz CT molecular complexity index is 833. The highest BCUT2D eigenvalue weighted by Crippen LogP contribution is 2.29. The van der Waals surface area contributed by atoms with E-state index in [0.29, 0.717) is 0 Å². The Morgan fingerprint density at radius 1 is 1.15 bits per heavy atom. The number of rotatable bonds is 6. The van der Waals surface area contributed by atoms with E-state index in [-0.39, 0.29) is 34.5 Å². The summed E-state index contributed by atoms with van der Waals surface area (Å²) >= 11 is 0. The van der Waals surface area contributed by atoms with Crippen LogP contribution < -0.4 is 15.4 Å². The molecule has 0 spiro atoms. The zero-order valence-corrected chi connectivity index (χ0v) is 14.1. The van der Waals surface area contributed by atoms with Crippen molar-refractivity contribution in [3.8, 4) is 11.5 Å². The first-order valence-electron chi connectivity index (χ1n) is 7.63. The lowest BCUT2D eigenvalue weighted by Crippen LogP contribution is -2.34. The average Bonchev–Trinajstić information content (AvgIpc) is 2.55. The maximum absolute atomic E-state index is 11.7. The third kappa shape index (κ3) is 4.94. The SMILES string of the molecule is CC(C)NC(=O)Nc1ccc(Oc2ccc([N+](=O)[O-])cc2)c(C(=O)O)c1. The van der Waals surface area contributed by atoms with Gasteiger partial charge in [0.15, 0.2) is 0 Å². The van der Waals surface area contributed by atoms with Crippen molar-refractivity contribution in [1.82, 2.24) is 5.32 Å². The zero-order chi connectivity index (χ0) is 19.3. The van der Waals surface area contributed by atoms with Gasteiger partial charge in [0.05, 0.1) is 4.92 Å². The molecule has 26 heavy (non-hydrogen) atoms. The number of amides is 2. The van der Waals surface area contributed by atoms with Gasteiger partial charge in [-0.15, -0.1) is 0 Å². The van der Waals surface area contributed by atoms with E-state index in [1.807, 2.05) is 0 Å². The standard InChI is InChI=1S/C17H17N3O6/c1-10(2)18-17(23)19-11-3-8-15(14(9-11)16(21)22)26-13-6-4-12(5-7-13)20(24)25/h3-10H,1-2H3,(H,21,22)(H2,18,19,23). The highest BCUT2D eigenvalue weighted by molar-refractivity contribution is 5.95. The summed E-state index contributed by atoms with van der Waals surface area (Å²) < 4.78 is 5.50. The highest BCUT2D eigenvalue weighted by Gasteiger charge is 2.15. The molecule has 0 fully saturated rings. The van der Waals surface area contributed by atoms with Crippen LogP contribution in [-0.4, -0.2) is 28.1 Å². The largest absolute Gasteiger partial charge is 0.478 e. The molecule has 0 saturated carbocycles. The lowest BCUT2D eigenvalue weighted by atomic mass is 10.1. The Hall–Kier alpha value is -3.62. The number of hydrogen-bond acceptors (Lipinski definition) is 5. The lowest BCUT2D eigenvalue weighted by molar-refractivity contribution is -0.384. The van der Waals surface area contributed by atoms with Gasteiger partial charge in [0.1, 0.15) is 17.1 Å². The molecule has 9 nitrogen and oxygen atoms in total. The summed E-state index contributed by atoms with van der Waals surface area (Å²) in [4.78, 5) is 33.3. The molecular weight excluding hydrogens is 342 g/mol. The summed E-state index contributed by atoms with van der Waals surface area (Å²) in [6.07, 6.45) is 0. The molecule has 2 rings (SSSR count). The molecule has 0 radical (unpaired) electrons. The second-order valence-corrected chi connectivity index (χ2v) is 5.62. The van der Waals surface area contributed by atoms with Crippen molar-refractivity contribution < 1.29 is 24.4 Å². The van der Waals surface area contributed by atoms with Crippen LogP contribution in [0.4, 0.5) is 16.2 Å². The third-order valence-electron chi connectivity index (χ3n) is 3.16. The van der Waals surface area contributed by atoms with E-state index in [0.717, 1.165) is 0 Å². The van der Waals surface area contributed by atoms with Crippen molar-refractivity contribution in [3.63, 3.8) is 0 Å². The number of nitro benzene ring substituents is 1. The van der Waals surface area contributed by atoms with Crippen LogP contribution in [0.15, 0.2) is 42.5 Å². The van der Waals surface area contributed by atoms with Crippen LogP contribution in [0.5, 0.6) is 11.5 Å². The molecule has 0 aliphatic rings. The predicted molar refractivity (Wildman–Crippen MR) is 93.9 cm³/mol. The smallest absolute Gasteiger partial charge is 0.339 e. The van der Waals surface area contributed by atoms with Crippen molar-refractivity contribution >= 4 is 23.4 Å². The Balaban J connectivity index is 2.21. The lowest BCUT2D eigenvalue weighted by Gasteiger charge is -2.13. The minimum atomic E-state index is -1.24. The summed E-state index contributed by atoms with van der Waals surface area (Å²) in [6, 6.07) is 8.87. The molecular formula is C17H17N3O6. The van der Waals surface area contributed by atoms with Gasteiger partial charge in [-0.05, 0) is 44.2 Å². The number of carboxylic acid groups (broad SMARTS) is 1. The molecule has 0 heterocycles. The Kier molecular flexibility index (Phi) is 5.74. The van der Waals surface area contributed by atoms with Crippen LogP contribution >= 0.6 is 0 Å². The van der Waals surface area contributed by atoms with Crippen LogP contribution in [0.2, 0.25) is 0 Å². The van der Waals surface area contributed by atoms with Gasteiger partial charge in [0, 0.05) is 23.9 Å². The number of non-ortho nitro benzene ring substituents is 1. The molecule has 0 aromatic heterocycles. The highest BCUT2D eigenvalue weighted by atomic mass is 16.6. The van der Waals surface area contributed by atoms with Crippen LogP contribution in [0.1, 0.15) is 24.2 Å². The second kappa shape index (κ2) is 7.97. The molecule has 0 bridgehead atoms. The predicted octanol–water partition coefficient (Wildman–Crippen LogP) is 3.62. The number of ether oxygens (including phenoxy) is 1. The van der Waals surface area contributed by atoms with Crippen molar-refractivity contribution in [1.29, 1.82) is 0 Å². The van der Waals surface area contributed by atoms with Crippen LogP contribution in [-0.2, 0) is 0 Å². The van der Waals surface area contributed by atoms with E-state index in [9.17, 15) is 24.8 Å². The number of anilines is 1. The van der Waals surface area contributed by atoms with Gasteiger partial charge in [0.25, 0.3) is 5.69 Å².